The van der Waals surface area contributed by atoms with Crippen molar-refractivity contribution in [3.05, 3.63) is 29.6 Å². The van der Waals surface area contributed by atoms with Crippen LogP contribution in [0.15, 0.2) is 18.3 Å². The minimum absolute atomic E-state index is 0.0501. The van der Waals surface area contributed by atoms with Gasteiger partial charge in [-0.3, -0.25) is 9.78 Å². The number of pyridine rings is 1. The highest BCUT2D eigenvalue weighted by Crippen LogP contribution is 2.40. The van der Waals surface area contributed by atoms with Crippen LogP contribution in [-0.4, -0.2) is 23.0 Å². The average Bonchev–Trinajstić information content (AvgIpc) is 2.79. The van der Waals surface area contributed by atoms with Crippen LogP contribution in [0.2, 0.25) is 0 Å². The molecule has 0 aliphatic heterocycles. The number of ether oxygens (including phenoxy) is 1. The number of Topliss-reactive ketones (excluding diaryl/α,β-unsaturated/α-hetero) is 1. The zero-order valence-electron chi connectivity index (χ0n) is 12.9. The van der Waals surface area contributed by atoms with E-state index >= 15 is 0 Å². The summed E-state index contributed by atoms with van der Waals surface area (Å²) in [5.74, 6) is 0.245. The molecule has 3 rings (SSSR count). The van der Waals surface area contributed by atoms with E-state index in [4.69, 9.17) is 4.74 Å². The number of aryl methyl sites for hydroxylation is 1. The van der Waals surface area contributed by atoms with Crippen molar-refractivity contribution in [3.63, 3.8) is 0 Å². The van der Waals surface area contributed by atoms with Crippen LogP contribution < -0.4 is 0 Å². The molecule has 0 spiro atoms. The molecule has 0 amide bonds. The largest absolute Gasteiger partial charge is 0.367 e. The van der Waals surface area contributed by atoms with E-state index < -0.39 is 5.60 Å². The molecule has 0 bridgehead atoms. The molecule has 1 aromatic rings. The van der Waals surface area contributed by atoms with Crippen molar-refractivity contribution < 1.29 is 9.53 Å². The van der Waals surface area contributed by atoms with Gasteiger partial charge in [-0.25, -0.2) is 0 Å². The lowest BCUT2D eigenvalue weighted by Gasteiger charge is -2.33. The third-order valence-electron chi connectivity index (χ3n) is 5.06. The number of fused-ring (bicyclic) bond motifs is 1. The maximum absolute atomic E-state index is 13.3. The number of aromatic nitrogens is 1. The van der Waals surface area contributed by atoms with Gasteiger partial charge in [0.2, 0.25) is 0 Å². The number of nitrogens with zero attached hydrogens (tertiary/aromatic N) is 1. The zero-order valence-corrected chi connectivity index (χ0v) is 12.9. The predicted molar refractivity (Wildman–Crippen MR) is 82.4 cm³/mol. The number of carbonyl (C=O) groups is 1. The standard InChI is InChI=1S/C18H25NO2/c1-2-21-18(11-5-3-4-6-12-18)17(20)15-10-9-14-8-7-13-19-16(14)15/h7-8,13,15H,2-6,9-12H2,1H3. The van der Waals surface area contributed by atoms with Crippen molar-refractivity contribution in [3.8, 4) is 0 Å². The molecule has 3 heteroatoms. The first-order valence-corrected chi connectivity index (χ1v) is 8.39. The molecule has 2 aliphatic carbocycles. The van der Waals surface area contributed by atoms with Crippen LogP contribution in [0.5, 0.6) is 0 Å². The Morgan fingerprint density at radius 1 is 1.33 bits per heavy atom. The van der Waals surface area contributed by atoms with E-state index in [9.17, 15) is 4.79 Å². The Morgan fingerprint density at radius 2 is 2.10 bits per heavy atom. The normalized spacial score (nSPS) is 24.3. The third-order valence-corrected chi connectivity index (χ3v) is 5.06. The zero-order chi connectivity index (χ0) is 14.7. The number of rotatable bonds is 4. The first kappa shape index (κ1) is 14.7. The molecule has 21 heavy (non-hydrogen) atoms. The highest BCUT2D eigenvalue weighted by atomic mass is 16.5. The van der Waals surface area contributed by atoms with Crippen molar-refractivity contribution in [1.29, 1.82) is 0 Å². The van der Waals surface area contributed by atoms with Gasteiger partial charge in [0.15, 0.2) is 5.78 Å². The summed E-state index contributed by atoms with van der Waals surface area (Å²) in [6.45, 7) is 2.62. The van der Waals surface area contributed by atoms with Gasteiger partial charge in [-0.15, -0.1) is 0 Å². The molecule has 0 aromatic carbocycles. The van der Waals surface area contributed by atoms with E-state index in [-0.39, 0.29) is 5.92 Å². The summed E-state index contributed by atoms with van der Waals surface area (Å²) in [4.78, 5) is 17.8. The molecule has 1 heterocycles. The van der Waals surface area contributed by atoms with Crippen LogP contribution >= 0.6 is 0 Å². The molecule has 0 radical (unpaired) electrons. The van der Waals surface area contributed by atoms with E-state index in [1.54, 1.807) is 0 Å². The molecule has 114 valence electrons. The van der Waals surface area contributed by atoms with E-state index in [1.807, 2.05) is 19.2 Å². The molecule has 1 unspecified atom stereocenters. The molecule has 1 saturated carbocycles. The molecule has 2 aliphatic rings. The van der Waals surface area contributed by atoms with Gasteiger partial charge in [0.1, 0.15) is 5.60 Å². The molecule has 1 fully saturated rings. The summed E-state index contributed by atoms with van der Waals surface area (Å²) >= 11 is 0. The summed E-state index contributed by atoms with van der Waals surface area (Å²) in [7, 11) is 0. The minimum atomic E-state index is -0.547. The topological polar surface area (TPSA) is 39.2 Å². The lowest BCUT2D eigenvalue weighted by molar-refractivity contribution is -0.148. The fourth-order valence-corrected chi connectivity index (χ4v) is 4.02. The monoisotopic (exact) mass is 287 g/mol. The van der Waals surface area contributed by atoms with Gasteiger partial charge in [-0.05, 0) is 44.2 Å². The SMILES string of the molecule is CCOC1(C(=O)C2CCc3cccnc32)CCCCCC1. The quantitative estimate of drug-likeness (QED) is 0.790. The van der Waals surface area contributed by atoms with Gasteiger partial charge in [0.25, 0.3) is 0 Å². The molecule has 0 saturated heterocycles. The maximum atomic E-state index is 13.3. The van der Waals surface area contributed by atoms with Crippen molar-refractivity contribution in [2.75, 3.05) is 6.61 Å². The van der Waals surface area contributed by atoms with Gasteiger partial charge in [0, 0.05) is 12.8 Å². The molecule has 1 aromatic heterocycles. The number of hydrogen-bond acceptors (Lipinski definition) is 3. The van der Waals surface area contributed by atoms with Gasteiger partial charge in [-0.1, -0.05) is 31.7 Å². The predicted octanol–water partition coefficient (Wildman–Crippen LogP) is 3.81. The minimum Gasteiger partial charge on any atom is -0.367 e. The lowest BCUT2D eigenvalue weighted by atomic mass is 9.81. The number of ketones is 1. The Hall–Kier alpha value is -1.22. The van der Waals surface area contributed by atoms with Gasteiger partial charge >= 0.3 is 0 Å². The molecular formula is C18H25NO2. The smallest absolute Gasteiger partial charge is 0.173 e. The second-order valence-corrected chi connectivity index (χ2v) is 6.34. The molecule has 1 atom stereocenters. The van der Waals surface area contributed by atoms with Crippen LogP contribution in [0, 0.1) is 0 Å². The first-order chi connectivity index (χ1) is 10.3. The van der Waals surface area contributed by atoms with E-state index in [1.165, 1.54) is 18.4 Å². The molecule has 3 nitrogen and oxygen atoms in total. The fourth-order valence-electron chi connectivity index (χ4n) is 4.02. The van der Waals surface area contributed by atoms with Crippen LogP contribution in [0.1, 0.15) is 69.0 Å². The van der Waals surface area contributed by atoms with Gasteiger partial charge < -0.3 is 4.74 Å². The maximum Gasteiger partial charge on any atom is 0.173 e. The highest BCUT2D eigenvalue weighted by molar-refractivity contribution is 5.93. The van der Waals surface area contributed by atoms with Crippen molar-refractivity contribution >= 4 is 5.78 Å². The Labute approximate surface area is 127 Å². The van der Waals surface area contributed by atoms with Crippen molar-refractivity contribution in [2.24, 2.45) is 0 Å². The second-order valence-electron chi connectivity index (χ2n) is 6.34. The molecule has 0 N–H and O–H groups in total. The lowest BCUT2D eigenvalue weighted by Crippen LogP contribution is -2.44. The number of carbonyl (C=O) groups excluding carboxylic acids is 1. The Kier molecular flexibility index (Phi) is 4.39. The summed E-state index contributed by atoms with van der Waals surface area (Å²) in [5, 5.41) is 0. The first-order valence-electron chi connectivity index (χ1n) is 8.39. The summed E-state index contributed by atoms with van der Waals surface area (Å²) in [6, 6.07) is 4.08. The third kappa shape index (κ3) is 2.76. The second kappa shape index (κ2) is 6.27. The number of hydrogen-bond donors (Lipinski definition) is 0. The summed E-state index contributed by atoms with van der Waals surface area (Å²) in [6.07, 6.45) is 10.1. The Balaban J connectivity index is 1.88. The van der Waals surface area contributed by atoms with E-state index in [2.05, 4.69) is 11.1 Å². The highest BCUT2D eigenvalue weighted by Gasteiger charge is 2.45. The van der Waals surface area contributed by atoms with Crippen LogP contribution in [0.3, 0.4) is 0 Å². The van der Waals surface area contributed by atoms with Gasteiger partial charge in [-0.2, -0.15) is 0 Å². The van der Waals surface area contributed by atoms with Crippen molar-refractivity contribution in [2.45, 2.75) is 69.8 Å². The van der Waals surface area contributed by atoms with E-state index in [0.717, 1.165) is 44.2 Å². The fraction of sp³-hybridized carbons (Fsp3) is 0.667. The average molecular weight is 287 g/mol. The Bertz CT molecular complexity index is 504. The van der Waals surface area contributed by atoms with Crippen LogP contribution in [-0.2, 0) is 16.0 Å². The Morgan fingerprint density at radius 3 is 2.81 bits per heavy atom. The summed E-state index contributed by atoms with van der Waals surface area (Å²) < 4.78 is 6.06. The summed E-state index contributed by atoms with van der Waals surface area (Å²) in [5.41, 5.74) is 1.71. The van der Waals surface area contributed by atoms with Gasteiger partial charge in [0.05, 0.1) is 11.6 Å². The van der Waals surface area contributed by atoms with Crippen LogP contribution in [0.25, 0.3) is 0 Å². The van der Waals surface area contributed by atoms with Crippen molar-refractivity contribution in [1.82, 2.24) is 4.98 Å². The van der Waals surface area contributed by atoms with E-state index in [0.29, 0.717) is 12.4 Å². The van der Waals surface area contributed by atoms with Crippen LogP contribution in [0.4, 0.5) is 0 Å². The molecular weight excluding hydrogens is 262 g/mol.